The first-order valence-electron chi connectivity index (χ1n) is 4.99. The van der Waals surface area contributed by atoms with Crippen molar-refractivity contribution in [2.45, 2.75) is 39.5 Å². The van der Waals surface area contributed by atoms with Gasteiger partial charge < -0.3 is 10.4 Å². The van der Waals surface area contributed by atoms with Gasteiger partial charge in [-0.3, -0.25) is 0 Å². The normalized spacial score (nSPS) is 18.9. The molecule has 0 radical (unpaired) electrons. The zero-order valence-corrected chi connectivity index (χ0v) is 8.47. The first-order chi connectivity index (χ1) is 6.02. The highest BCUT2D eigenvalue weighted by Gasteiger charge is 2.31. The average molecular weight is 185 g/mol. The molecule has 1 aliphatic rings. The fraction of sp³-hybridized carbons (Fsp3) is 0.900. The van der Waals surface area contributed by atoms with E-state index in [0.29, 0.717) is 12.5 Å². The highest BCUT2D eigenvalue weighted by atomic mass is 16.4. The molecule has 1 amide bonds. The molecule has 0 atom stereocenters. The lowest BCUT2D eigenvalue weighted by Gasteiger charge is -2.31. The summed E-state index contributed by atoms with van der Waals surface area (Å²) < 4.78 is 0. The van der Waals surface area contributed by atoms with Gasteiger partial charge in [0.05, 0.1) is 0 Å². The fourth-order valence-electron chi connectivity index (χ4n) is 2.16. The summed E-state index contributed by atoms with van der Waals surface area (Å²) in [6.45, 7) is 4.88. The molecule has 0 heterocycles. The maximum Gasteiger partial charge on any atom is 0.404 e. The van der Waals surface area contributed by atoms with Crippen LogP contribution in [0.2, 0.25) is 0 Å². The average Bonchev–Trinajstić information content (AvgIpc) is 2.53. The number of hydrogen-bond donors (Lipinski definition) is 2. The van der Waals surface area contributed by atoms with Crippen LogP contribution in [0.5, 0.6) is 0 Å². The predicted octanol–water partition coefficient (Wildman–Crippen LogP) is 2.47. The van der Waals surface area contributed by atoms with E-state index in [0.717, 1.165) is 0 Å². The second-order valence-electron chi connectivity index (χ2n) is 4.63. The standard InChI is InChI=1S/C10H19NO2/c1-10(2,7-11-9(12)13)8-5-3-4-6-8/h8,11H,3-7H2,1-2H3,(H,12,13). The van der Waals surface area contributed by atoms with Crippen molar-refractivity contribution >= 4 is 6.09 Å². The van der Waals surface area contributed by atoms with Gasteiger partial charge >= 0.3 is 6.09 Å². The Bertz CT molecular complexity index is 183. The van der Waals surface area contributed by atoms with E-state index in [4.69, 9.17) is 5.11 Å². The number of amides is 1. The Hall–Kier alpha value is -0.730. The van der Waals surface area contributed by atoms with E-state index in [2.05, 4.69) is 19.2 Å². The minimum atomic E-state index is -0.911. The van der Waals surface area contributed by atoms with Gasteiger partial charge in [-0.05, 0) is 24.2 Å². The monoisotopic (exact) mass is 185 g/mol. The minimum Gasteiger partial charge on any atom is -0.465 e. The Kier molecular flexibility index (Phi) is 3.17. The van der Waals surface area contributed by atoms with Crippen LogP contribution in [-0.4, -0.2) is 17.7 Å². The molecule has 0 unspecified atom stereocenters. The molecule has 3 nitrogen and oxygen atoms in total. The Morgan fingerprint density at radius 3 is 2.46 bits per heavy atom. The highest BCUT2D eigenvalue weighted by molar-refractivity contribution is 5.64. The molecule has 1 saturated carbocycles. The van der Waals surface area contributed by atoms with Gasteiger partial charge in [0, 0.05) is 6.54 Å². The highest BCUT2D eigenvalue weighted by Crippen LogP contribution is 2.38. The second-order valence-corrected chi connectivity index (χ2v) is 4.63. The number of hydrogen-bond acceptors (Lipinski definition) is 1. The SMILES string of the molecule is CC(C)(CNC(=O)O)C1CCCC1. The third-order valence-electron chi connectivity index (χ3n) is 3.16. The summed E-state index contributed by atoms with van der Waals surface area (Å²) in [5.74, 6) is 0.694. The molecule has 0 aliphatic heterocycles. The lowest BCUT2D eigenvalue weighted by molar-refractivity contribution is 0.171. The number of carbonyl (C=O) groups is 1. The van der Waals surface area contributed by atoms with Gasteiger partial charge in [-0.25, -0.2) is 4.79 Å². The number of nitrogens with one attached hydrogen (secondary N) is 1. The molecule has 0 saturated heterocycles. The van der Waals surface area contributed by atoms with Crippen LogP contribution in [0.1, 0.15) is 39.5 Å². The zero-order valence-electron chi connectivity index (χ0n) is 8.47. The van der Waals surface area contributed by atoms with Crippen LogP contribution in [-0.2, 0) is 0 Å². The van der Waals surface area contributed by atoms with Crippen molar-refractivity contribution in [2.24, 2.45) is 11.3 Å². The van der Waals surface area contributed by atoms with Crippen molar-refractivity contribution in [2.75, 3.05) is 6.54 Å². The summed E-state index contributed by atoms with van der Waals surface area (Å²) in [6.07, 6.45) is 4.22. The first-order valence-corrected chi connectivity index (χ1v) is 4.99. The first kappa shape index (κ1) is 10.4. The van der Waals surface area contributed by atoms with E-state index in [1.54, 1.807) is 0 Å². The van der Waals surface area contributed by atoms with Gasteiger partial charge in [0.1, 0.15) is 0 Å². The van der Waals surface area contributed by atoms with Crippen molar-refractivity contribution in [3.63, 3.8) is 0 Å². The summed E-state index contributed by atoms with van der Waals surface area (Å²) in [7, 11) is 0. The summed E-state index contributed by atoms with van der Waals surface area (Å²) in [5, 5.41) is 11.0. The maximum atomic E-state index is 10.3. The van der Waals surface area contributed by atoms with Gasteiger partial charge in [-0.15, -0.1) is 0 Å². The van der Waals surface area contributed by atoms with Crippen LogP contribution in [0, 0.1) is 11.3 Å². The van der Waals surface area contributed by atoms with E-state index in [9.17, 15) is 4.79 Å². The van der Waals surface area contributed by atoms with Gasteiger partial charge in [0.15, 0.2) is 0 Å². The minimum absolute atomic E-state index is 0.120. The van der Waals surface area contributed by atoms with Gasteiger partial charge in [0.25, 0.3) is 0 Å². The molecule has 76 valence electrons. The largest absolute Gasteiger partial charge is 0.465 e. The van der Waals surface area contributed by atoms with Crippen LogP contribution in [0.25, 0.3) is 0 Å². The van der Waals surface area contributed by atoms with Crippen LogP contribution < -0.4 is 5.32 Å². The third kappa shape index (κ3) is 2.90. The molecule has 1 rings (SSSR count). The molecule has 3 heteroatoms. The van der Waals surface area contributed by atoms with Gasteiger partial charge in [-0.2, -0.15) is 0 Å². The van der Waals surface area contributed by atoms with E-state index in [1.807, 2.05) is 0 Å². The van der Waals surface area contributed by atoms with E-state index in [-0.39, 0.29) is 5.41 Å². The number of carboxylic acid groups (broad SMARTS) is 1. The summed E-state index contributed by atoms with van der Waals surface area (Å²) in [5.41, 5.74) is 0.120. The quantitative estimate of drug-likeness (QED) is 0.709. The number of rotatable bonds is 3. The Morgan fingerprint density at radius 1 is 1.46 bits per heavy atom. The van der Waals surface area contributed by atoms with Crippen molar-refractivity contribution < 1.29 is 9.90 Å². The van der Waals surface area contributed by atoms with Crippen molar-refractivity contribution in [1.29, 1.82) is 0 Å². The molecular formula is C10H19NO2. The second kappa shape index (κ2) is 3.99. The third-order valence-corrected chi connectivity index (χ3v) is 3.16. The van der Waals surface area contributed by atoms with Crippen LogP contribution in [0.4, 0.5) is 4.79 Å². The van der Waals surface area contributed by atoms with Crippen LogP contribution >= 0.6 is 0 Å². The van der Waals surface area contributed by atoms with Crippen LogP contribution in [0.3, 0.4) is 0 Å². The summed E-state index contributed by atoms with van der Waals surface area (Å²) >= 11 is 0. The molecule has 13 heavy (non-hydrogen) atoms. The molecule has 1 fully saturated rings. The van der Waals surface area contributed by atoms with Crippen molar-refractivity contribution in [3.05, 3.63) is 0 Å². The molecular weight excluding hydrogens is 166 g/mol. The molecule has 0 aromatic heterocycles. The molecule has 0 aromatic carbocycles. The maximum absolute atomic E-state index is 10.3. The topological polar surface area (TPSA) is 49.3 Å². The van der Waals surface area contributed by atoms with E-state index >= 15 is 0 Å². The lowest BCUT2D eigenvalue weighted by Crippen LogP contribution is -2.37. The van der Waals surface area contributed by atoms with Gasteiger partial charge in [0.2, 0.25) is 0 Å². The van der Waals surface area contributed by atoms with Crippen LogP contribution in [0.15, 0.2) is 0 Å². The molecule has 0 aromatic rings. The van der Waals surface area contributed by atoms with E-state index in [1.165, 1.54) is 25.7 Å². The Labute approximate surface area is 79.5 Å². The fourth-order valence-corrected chi connectivity index (χ4v) is 2.16. The van der Waals surface area contributed by atoms with Crippen molar-refractivity contribution in [3.8, 4) is 0 Å². The molecule has 0 bridgehead atoms. The Balaban J connectivity index is 2.39. The molecule has 0 spiro atoms. The van der Waals surface area contributed by atoms with E-state index < -0.39 is 6.09 Å². The smallest absolute Gasteiger partial charge is 0.404 e. The predicted molar refractivity (Wildman–Crippen MR) is 51.8 cm³/mol. The summed E-state index contributed by atoms with van der Waals surface area (Å²) in [6, 6.07) is 0. The van der Waals surface area contributed by atoms with Crippen molar-refractivity contribution in [1.82, 2.24) is 5.32 Å². The molecule has 2 N–H and O–H groups in total. The van der Waals surface area contributed by atoms with Gasteiger partial charge in [-0.1, -0.05) is 26.7 Å². The Morgan fingerprint density at radius 2 is 2.00 bits per heavy atom. The lowest BCUT2D eigenvalue weighted by atomic mass is 9.78. The zero-order chi connectivity index (χ0) is 9.90. The summed E-state index contributed by atoms with van der Waals surface area (Å²) in [4.78, 5) is 10.3. The molecule has 1 aliphatic carbocycles.